The highest BCUT2D eigenvalue weighted by atomic mass is 16.3. The third-order valence-electron chi connectivity index (χ3n) is 6.55. The number of carbonyl (C=O) groups is 1. The SMILES string of the molecule is CNC1C2CN(C(=O)C(O)(c3ccccc3)C3CCCCC3)CC21. The van der Waals surface area contributed by atoms with Crippen LogP contribution < -0.4 is 5.32 Å². The van der Waals surface area contributed by atoms with Gasteiger partial charge in [-0.15, -0.1) is 0 Å². The van der Waals surface area contributed by atoms with Crippen LogP contribution in [0.3, 0.4) is 0 Å². The van der Waals surface area contributed by atoms with Crippen molar-refractivity contribution in [3.63, 3.8) is 0 Å². The van der Waals surface area contributed by atoms with Crippen LogP contribution in [0.1, 0.15) is 37.7 Å². The lowest BCUT2D eigenvalue weighted by molar-refractivity contribution is -0.160. The van der Waals surface area contributed by atoms with Crippen molar-refractivity contribution in [1.82, 2.24) is 10.2 Å². The molecule has 3 unspecified atom stereocenters. The highest BCUT2D eigenvalue weighted by Crippen LogP contribution is 2.48. The average Bonchev–Trinajstić information content (AvgIpc) is 3.12. The molecular formula is C20H28N2O2. The van der Waals surface area contributed by atoms with Crippen LogP contribution in [0.2, 0.25) is 0 Å². The number of fused-ring (bicyclic) bond motifs is 1. The molecule has 1 aromatic carbocycles. The summed E-state index contributed by atoms with van der Waals surface area (Å²) in [6, 6.07) is 10.2. The normalized spacial score (nSPS) is 32.2. The molecule has 0 bridgehead atoms. The summed E-state index contributed by atoms with van der Waals surface area (Å²) in [5.41, 5.74) is -0.583. The minimum Gasteiger partial charge on any atom is -0.375 e. The second-order valence-corrected chi connectivity index (χ2v) is 7.82. The number of likely N-dealkylation sites (tertiary alicyclic amines) is 1. The summed E-state index contributed by atoms with van der Waals surface area (Å²) in [6.45, 7) is 1.58. The van der Waals surface area contributed by atoms with E-state index in [4.69, 9.17) is 0 Å². The number of amides is 1. The van der Waals surface area contributed by atoms with Crippen molar-refractivity contribution in [3.8, 4) is 0 Å². The van der Waals surface area contributed by atoms with Gasteiger partial charge in [0.2, 0.25) is 0 Å². The number of rotatable bonds is 4. The first-order valence-electron chi connectivity index (χ1n) is 9.40. The van der Waals surface area contributed by atoms with Crippen LogP contribution >= 0.6 is 0 Å². The van der Waals surface area contributed by atoms with Crippen molar-refractivity contribution in [1.29, 1.82) is 0 Å². The van der Waals surface area contributed by atoms with Gasteiger partial charge in [0.05, 0.1) is 0 Å². The maximum atomic E-state index is 13.4. The van der Waals surface area contributed by atoms with Crippen molar-refractivity contribution in [2.45, 2.75) is 43.7 Å². The maximum Gasteiger partial charge on any atom is 0.259 e. The van der Waals surface area contributed by atoms with Crippen LogP contribution in [0.25, 0.3) is 0 Å². The van der Waals surface area contributed by atoms with Crippen molar-refractivity contribution in [2.24, 2.45) is 17.8 Å². The Kier molecular flexibility index (Phi) is 4.13. The van der Waals surface area contributed by atoms with Crippen LogP contribution in [-0.2, 0) is 10.4 Å². The second kappa shape index (κ2) is 6.16. The van der Waals surface area contributed by atoms with Crippen LogP contribution in [0.5, 0.6) is 0 Å². The van der Waals surface area contributed by atoms with E-state index in [0.717, 1.165) is 44.3 Å². The number of aliphatic hydroxyl groups is 1. The fraction of sp³-hybridized carbons (Fsp3) is 0.650. The van der Waals surface area contributed by atoms with Crippen LogP contribution in [0, 0.1) is 17.8 Å². The zero-order valence-corrected chi connectivity index (χ0v) is 14.4. The number of benzene rings is 1. The lowest BCUT2D eigenvalue weighted by Crippen LogP contribution is -2.52. The van der Waals surface area contributed by atoms with Gasteiger partial charge < -0.3 is 15.3 Å². The molecule has 1 heterocycles. The molecule has 130 valence electrons. The molecule has 1 aliphatic heterocycles. The van der Waals surface area contributed by atoms with E-state index in [0.29, 0.717) is 17.9 Å². The van der Waals surface area contributed by atoms with E-state index in [1.54, 1.807) is 0 Å². The Hall–Kier alpha value is -1.39. The molecule has 3 fully saturated rings. The maximum absolute atomic E-state index is 13.4. The summed E-state index contributed by atoms with van der Waals surface area (Å²) in [5.74, 6) is 1.12. The number of carbonyl (C=O) groups excluding carboxylic acids is 1. The second-order valence-electron chi connectivity index (χ2n) is 7.82. The first-order chi connectivity index (χ1) is 11.7. The number of hydrogen-bond donors (Lipinski definition) is 2. The van der Waals surface area contributed by atoms with E-state index in [2.05, 4.69) is 5.32 Å². The number of piperidine rings is 1. The van der Waals surface area contributed by atoms with Gasteiger partial charge in [-0.1, -0.05) is 49.6 Å². The van der Waals surface area contributed by atoms with Crippen LogP contribution in [0.15, 0.2) is 30.3 Å². The zero-order valence-electron chi connectivity index (χ0n) is 14.4. The molecule has 0 radical (unpaired) electrons. The third-order valence-corrected chi connectivity index (χ3v) is 6.55. The lowest BCUT2D eigenvalue weighted by Gasteiger charge is -2.40. The molecule has 2 saturated carbocycles. The highest BCUT2D eigenvalue weighted by molar-refractivity contribution is 5.87. The molecular weight excluding hydrogens is 300 g/mol. The first-order valence-corrected chi connectivity index (χ1v) is 9.40. The predicted molar refractivity (Wildman–Crippen MR) is 93.3 cm³/mol. The predicted octanol–water partition coefficient (Wildman–Crippen LogP) is 2.13. The number of hydrogen-bond acceptors (Lipinski definition) is 3. The molecule has 4 heteroatoms. The minimum atomic E-state index is -1.35. The number of nitrogens with one attached hydrogen (secondary N) is 1. The zero-order chi connectivity index (χ0) is 16.7. The molecule has 3 aliphatic rings. The molecule has 1 saturated heterocycles. The van der Waals surface area contributed by atoms with Gasteiger partial charge in [-0.3, -0.25) is 4.79 Å². The van der Waals surface area contributed by atoms with Gasteiger partial charge in [0, 0.05) is 25.0 Å². The topological polar surface area (TPSA) is 52.6 Å². The van der Waals surface area contributed by atoms with Gasteiger partial charge in [-0.2, -0.15) is 0 Å². The Labute approximate surface area is 144 Å². The summed E-state index contributed by atoms with van der Waals surface area (Å²) < 4.78 is 0. The van der Waals surface area contributed by atoms with Gasteiger partial charge in [-0.05, 0) is 37.3 Å². The molecule has 4 rings (SSSR count). The standard InChI is InChI=1S/C20H28N2O2/c1-21-18-16-12-22(13-17(16)18)19(23)20(24,14-8-4-2-5-9-14)15-10-6-3-7-11-15/h2,4-5,8-9,15-18,21,24H,3,6-7,10-13H2,1H3. The summed E-state index contributed by atoms with van der Waals surface area (Å²) in [6.07, 6.45) is 5.32. The molecule has 4 nitrogen and oxygen atoms in total. The van der Waals surface area contributed by atoms with Crippen LogP contribution in [0.4, 0.5) is 0 Å². The van der Waals surface area contributed by atoms with Gasteiger partial charge in [0.15, 0.2) is 5.60 Å². The van der Waals surface area contributed by atoms with E-state index < -0.39 is 5.60 Å². The summed E-state index contributed by atoms with van der Waals surface area (Å²) >= 11 is 0. The fourth-order valence-corrected chi connectivity index (χ4v) is 5.11. The van der Waals surface area contributed by atoms with E-state index in [9.17, 15) is 9.90 Å². The van der Waals surface area contributed by atoms with Crippen molar-refractivity contribution < 1.29 is 9.90 Å². The van der Waals surface area contributed by atoms with Crippen molar-refractivity contribution in [2.75, 3.05) is 20.1 Å². The first kappa shape index (κ1) is 16.1. The molecule has 0 aromatic heterocycles. The Bertz CT molecular complexity index is 587. The third kappa shape index (κ3) is 2.47. The van der Waals surface area contributed by atoms with E-state index in [-0.39, 0.29) is 11.8 Å². The molecule has 3 atom stereocenters. The quantitative estimate of drug-likeness (QED) is 0.890. The van der Waals surface area contributed by atoms with E-state index in [1.165, 1.54) is 6.42 Å². The molecule has 0 spiro atoms. The average molecular weight is 328 g/mol. The van der Waals surface area contributed by atoms with Crippen molar-refractivity contribution in [3.05, 3.63) is 35.9 Å². The Morgan fingerprint density at radius 3 is 2.33 bits per heavy atom. The Balaban J connectivity index is 1.60. The van der Waals surface area contributed by atoms with Gasteiger partial charge >= 0.3 is 0 Å². The minimum absolute atomic E-state index is 0.0400. The van der Waals surface area contributed by atoms with Gasteiger partial charge in [0.1, 0.15) is 0 Å². The largest absolute Gasteiger partial charge is 0.375 e. The monoisotopic (exact) mass is 328 g/mol. The molecule has 1 aromatic rings. The Morgan fingerprint density at radius 1 is 1.12 bits per heavy atom. The molecule has 2 N–H and O–H groups in total. The fourth-order valence-electron chi connectivity index (χ4n) is 5.11. The van der Waals surface area contributed by atoms with Crippen molar-refractivity contribution >= 4 is 5.91 Å². The molecule has 24 heavy (non-hydrogen) atoms. The summed E-state index contributed by atoms with van der Waals surface area (Å²) in [5, 5.41) is 15.0. The smallest absolute Gasteiger partial charge is 0.259 e. The molecule has 2 aliphatic carbocycles. The summed E-state index contributed by atoms with van der Waals surface area (Å²) in [4.78, 5) is 15.3. The Morgan fingerprint density at radius 2 is 1.75 bits per heavy atom. The highest BCUT2D eigenvalue weighted by Gasteiger charge is 2.58. The van der Waals surface area contributed by atoms with Gasteiger partial charge in [-0.25, -0.2) is 0 Å². The van der Waals surface area contributed by atoms with E-state index in [1.807, 2.05) is 42.3 Å². The summed E-state index contributed by atoms with van der Waals surface area (Å²) in [7, 11) is 2.00. The lowest BCUT2D eigenvalue weighted by atomic mass is 9.72. The van der Waals surface area contributed by atoms with Crippen LogP contribution in [-0.4, -0.2) is 42.1 Å². The number of nitrogens with zero attached hydrogens (tertiary/aromatic N) is 1. The van der Waals surface area contributed by atoms with Gasteiger partial charge in [0.25, 0.3) is 5.91 Å². The molecule has 1 amide bonds. The van der Waals surface area contributed by atoms with E-state index >= 15 is 0 Å².